The molecule has 0 aromatic heterocycles. The van der Waals surface area contributed by atoms with Gasteiger partial charge in [-0.15, -0.1) is 0 Å². The maximum atomic E-state index is 12.8. The van der Waals surface area contributed by atoms with Gasteiger partial charge in [-0.2, -0.15) is 0 Å². The lowest BCUT2D eigenvalue weighted by atomic mass is 10.1. The summed E-state index contributed by atoms with van der Waals surface area (Å²) >= 11 is 0. The Balaban J connectivity index is 4.34. The minimum absolute atomic E-state index is 0.0928. The van der Waals surface area contributed by atoms with Crippen LogP contribution in [0.25, 0.3) is 0 Å². The molecule has 0 rings (SSSR count). The monoisotopic (exact) mass is 971 g/mol. The van der Waals surface area contributed by atoms with Gasteiger partial charge in [0.05, 0.1) is 0 Å². The molecule has 0 saturated carbocycles. The van der Waals surface area contributed by atoms with E-state index in [0.29, 0.717) is 19.3 Å². The zero-order valence-electron chi connectivity index (χ0n) is 45.5. The Bertz CT molecular complexity index is 1440. The van der Waals surface area contributed by atoms with Gasteiger partial charge in [0, 0.05) is 19.3 Å². The number of hydrogen-bond acceptors (Lipinski definition) is 6. The van der Waals surface area contributed by atoms with E-state index in [1.54, 1.807) is 0 Å². The lowest BCUT2D eigenvalue weighted by Gasteiger charge is -2.18. The summed E-state index contributed by atoms with van der Waals surface area (Å²) < 4.78 is 16.8. The third-order valence-electron chi connectivity index (χ3n) is 12.0. The number of allylic oxidation sites excluding steroid dienone is 18. The highest BCUT2D eigenvalue weighted by molar-refractivity contribution is 5.71. The molecule has 0 bridgehead atoms. The van der Waals surface area contributed by atoms with Gasteiger partial charge in [0.1, 0.15) is 13.2 Å². The number of hydrogen-bond donors (Lipinski definition) is 0. The van der Waals surface area contributed by atoms with E-state index in [1.807, 2.05) is 0 Å². The van der Waals surface area contributed by atoms with Crippen LogP contribution < -0.4 is 0 Å². The molecule has 0 aliphatic carbocycles. The van der Waals surface area contributed by atoms with Crippen LogP contribution in [0.5, 0.6) is 0 Å². The van der Waals surface area contributed by atoms with Crippen LogP contribution in [0.2, 0.25) is 0 Å². The number of ether oxygens (including phenoxy) is 3. The Morgan fingerprint density at radius 2 is 0.586 bits per heavy atom. The van der Waals surface area contributed by atoms with Crippen molar-refractivity contribution in [3.05, 3.63) is 109 Å². The lowest BCUT2D eigenvalue weighted by Crippen LogP contribution is -2.30. The molecule has 0 heterocycles. The Hall–Kier alpha value is -3.93. The molecule has 1 unspecified atom stereocenters. The van der Waals surface area contributed by atoms with Crippen LogP contribution in [-0.2, 0) is 28.6 Å². The molecule has 6 nitrogen and oxygen atoms in total. The standard InChI is InChI=1S/C64H106O6/c1-4-7-10-13-16-19-22-25-27-28-29-30-31-32-33-34-35-36-37-40-42-45-48-51-54-57-63(66)69-60-61(59-68-62(65)56-53-50-47-44-41-38-24-21-18-15-12-9-6-3)70-64(67)58-55-52-49-46-43-39-26-23-20-17-14-11-8-5-2/h7,10,12,14-17,19,21,23-27,29-30,32-33,61H,4-6,8-9,11,13,18,20,22,28,31,34-60H2,1-3H3/b10-7-,15-12-,17-14-,19-16-,24-21-,26-23-,27-25-,30-29-,33-32-. The van der Waals surface area contributed by atoms with E-state index >= 15 is 0 Å². The average Bonchev–Trinajstić information content (AvgIpc) is 3.36. The quantitative estimate of drug-likeness (QED) is 0.0262. The molecule has 0 aliphatic rings. The van der Waals surface area contributed by atoms with Gasteiger partial charge in [-0.25, -0.2) is 0 Å². The molecule has 0 spiro atoms. The number of unbranched alkanes of at least 4 members (excludes halogenated alkanes) is 22. The molecule has 0 radical (unpaired) electrons. The van der Waals surface area contributed by atoms with Crippen molar-refractivity contribution in [2.45, 2.75) is 264 Å². The van der Waals surface area contributed by atoms with Crippen LogP contribution >= 0.6 is 0 Å². The Morgan fingerprint density at radius 1 is 0.300 bits per heavy atom. The van der Waals surface area contributed by atoms with Crippen molar-refractivity contribution in [1.82, 2.24) is 0 Å². The Labute approximate surface area is 431 Å². The predicted octanol–water partition coefficient (Wildman–Crippen LogP) is 19.5. The molecule has 70 heavy (non-hydrogen) atoms. The third kappa shape index (κ3) is 55.0. The number of carbonyl (C=O) groups excluding carboxylic acids is 3. The zero-order valence-corrected chi connectivity index (χ0v) is 45.5. The molecule has 6 heteroatoms. The summed E-state index contributed by atoms with van der Waals surface area (Å²) in [4.78, 5) is 38.1. The second-order valence-corrected chi connectivity index (χ2v) is 18.8. The van der Waals surface area contributed by atoms with E-state index in [0.717, 1.165) is 154 Å². The molecule has 0 aromatic carbocycles. The van der Waals surface area contributed by atoms with Crippen LogP contribution in [0.15, 0.2) is 109 Å². The van der Waals surface area contributed by atoms with Gasteiger partial charge in [-0.3, -0.25) is 14.4 Å². The molecule has 398 valence electrons. The molecule has 0 aromatic rings. The molecule has 1 atom stereocenters. The van der Waals surface area contributed by atoms with Crippen molar-refractivity contribution >= 4 is 17.9 Å². The third-order valence-corrected chi connectivity index (χ3v) is 12.0. The van der Waals surface area contributed by atoms with E-state index in [1.165, 1.54) is 64.2 Å². The fourth-order valence-corrected chi connectivity index (χ4v) is 7.64. The topological polar surface area (TPSA) is 78.9 Å². The van der Waals surface area contributed by atoms with Gasteiger partial charge < -0.3 is 14.2 Å². The first-order valence-corrected chi connectivity index (χ1v) is 28.9. The van der Waals surface area contributed by atoms with Gasteiger partial charge >= 0.3 is 17.9 Å². The van der Waals surface area contributed by atoms with Crippen LogP contribution in [0.1, 0.15) is 258 Å². The smallest absolute Gasteiger partial charge is 0.306 e. The summed E-state index contributed by atoms with van der Waals surface area (Å²) in [7, 11) is 0. The fraction of sp³-hybridized carbons (Fsp3) is 0.672. The predicted molar refractivity (Wildman–Crippen MR) is 302 cm³/mol. The molecule has 0 N–H and O–H groups in total. The van der Waals surface area contributed by atoms with Crippen molar-refractivity contribution in [3.8, 4) is 0 Å². The molecule has 0 aliphatic heterocycles. The van der Waals surface area contributed by atoms with Crippen LogP contribution in [0.4, 0.5) is 0 Å². The second-order valence-electron chi connectivity index (χ2n) is 18.8. The molecular formula is C64H106O6. The van der Waals surface area contributed by atoms with E-state index in [4.69, 9.17) is 14.2 Å². The molecule has 0 fully saturated rings. The summed E-state index contributed by atoms with van der Waals surface area (Å²) in [5.41, 5.74) is 0. The maximum absolute atomic E-state index is 12.8. The highest BCUT2D eigenvalue weighted by Gasteiger charge is 2.19. The van der Waals surface area contributed by atoms with Gasteiger partial charge in [-0.05, 0) is 116 Å². The van der Waals surface area contributed by atoms with E-state index in [-0.39, 0.29) is 31.1 Å². The van der Waals surface area contributed by atoms with E-state index < -0.39 is 6.10 Å². The van der Waals surface area contributed by atoms with Gasteiger partial charge in [-0.1, -0.05) is 233 Å². The van der Waals surface area contributed by atoms with E-state index in [2.05, 4.69) is 130 Å². The molecular weight excluding hydrogens is 865 g/mol. The maximum Gasteiger partial charge on any atom is 0.306 e. The van der Waals surface area contributed by atoms with Gasteiger partial charge in [0.2, 0.25) is 0 Å². The highest BCUT2D eigenvalue weighted by atomic mass is 16.6. The van der Waals surface area contributed by atoms with Crippen molar-refractivity contribution < 1.29 is 28.6 Å². The van der Waals surface area contributed by atoms with Gasteiger partial charge in [0.15, 0.2) is 6.10 Å². The van der Waals surface area contributed by atoms with Crippen molar-refractivity contribution in [2.24, 2.45) is 0 Å². The SMILES string of the molecule is CC/C=C\C/C=C\C/C=C\C/C=C\C/C=C\CCCCCCCCCCCC(=O)OCC(COC(=O)CCCCCCC/C=C\C/C=C\CCC)OC(=O)CCCCCCC/C=C\C/C=C\CCCC. The van der Waals surface area contributed by atoms with Crippen molar-refractivity contribution in [1.29, 1.82) is 0 Å². The zero-order chi connectivity index (χ0) is 50.7. The normalized spacial score (nSPS) is 12.9. The summed E-state index contributed by atoms with van der Waals surface area (Å²) in [5, 5.41) is 0. The summed E-state index contributed by atoms with van der Waals surface area (Å²) in [6.07, 6.45) is 77.9. The first kappa shape index (κ1) is 66.1. The number of esters is 3. The average molecular weight is 972 g/mol. The number of rotatable bonds is 51. The minimum atomic E-state index is -0.795. The largest absolute Gasteiger partial charge is 0.462 e. The second kappa shape index (κ2) is 57.6. The van der Waals surface area contributed by atoms with Crippen molar-refractivity contribution in [3.63, 3.8) is 0 Å². The first-order valence-electron chi connectivity index (χ1n) is 28.9. The van der Waals surface area contributed by atoms with Crippen molar-refractivity contribution in [2.75, 3.05) is 13.2 Å². The Morgan fingerprint density at radius 3 is 0.929 bits per heavy atom. The Kier molecular flexibility index (Phi) is 54.4. The molecule has 0 saturated heterocycles. The van der Waals surface area contributed by atoms with Crippen LogP contribution in [-0.4, -0.2) is 37.2 Å². The fourth-order valence-electron chi connectivity index (χ4n) is 7.64. The van der Waals surface area contributed by atoms with Crippen LogP contribution in [0, 0.1) is 0 Å². The summed E-state index contributed by atoms with van der Waals surface area (Å²) in [6.45, 7) is 6.39. The van der Waals surface area contributed by atoms with Gasteiger partial charge in [0.25, 0.3) is 0 Å². The summed E-state index contributed by atoms with van der Waals surface area (Å²) in [5.74, 6) is -0.927. The number of carbonyl (C=O) groups is 3. The highest BCUT2D eigenvalue weighted by Crippen LogP contribution is 2.14. The summed E-state index contributed by atoms with van der Waals surface area (Å²) in [6, 6.07) is 0. The first-order chi connectivity index (χ1) is 34.5. The van der Waals surface area contributed by atoms with E-state index in [9.17, 15) is 14.4 Å². The molecule has 0 amide bonds. The minimum Gasteiger partial charge on any atom is -0.462 e. The van der Waals surface area contributed by atoms with Crippen LogP contribution in [0.3, 0.4) is 0 Å². The lowest BCUT2D eigenvalue weighted by molar-refractivity contribution is -0.167.